The normalized spacial score (nSPS) is 15.9. The van der Waals surface area contributed by atoms with E-state index in [1.54, 1.807) is 0 Å². The van der Waals surface area contributed by atoms with Gasteiger partial charge in [-0.1, -0.05) is 75.4 Å². The fourth-order valence-electron chi connectivity index (χ4n) is 4.80. The molecule has 0 radical (unpaired) electrons. The van der Waals surface area contributed by atoms with Gasteiger partial charge in [0.1, 0.15) is 0 Å². The second-order valence-electron chi connectivity index (χ2n) is 11.4. The van der Waals surface area contributed by atoms with E-state index in [0.717, 1.165) is 61.8 Å². The third-order valence-electron chi connectivity index (χ3n) is 7.83. The van der Waals surface area contributed by atoms with Crippen LogP contribution in [0.25, 0.3) is 0 Å². The molecule has 0 saturated carbocycles. The minimum absolute atomic E-state index is 0.0144. The first-order chi connectivity index (χ1) is 20.8. The average Bonchev–Trinajstić information content (AvgIpc) is 3.12. The van der Waals surface area contributed by atoms with Crippen LogP contribution in [0.3, 0.4) is 0 Å². The van der Waals surface area contributed by atoms with E-state index in [4.69, 9.17) is 4.74 Å². The van der Waals surface area contributed by atoms with E-state index in [-0.39, 0.29) is 12.0 Å². The van der Waals surface area contributed by atoms with Gasteiger partial charge in [-0.3, -0.25) is 4.79 Å². The summed E-state index contributed by atoms with van der Waals surface area (Å²) in [5.41, 5.74) is 5.62. The molecule has 1 aliphatic rings. The molecule has 0 spiro atoms. The lowest BCUT2D eigenvalue weighted by molar-refractivity contribution is -0.114. The highest BCUT2D eigenvalue weighted by atomic mass is 19.4. The molecule has 2 atom stereocenters. The molecular weight excluding hydrogens is 563 g/mol. The fraction of sp³-hybridized carbons (Fsp3) is 0.472. The van der Waals surface area contributed by atoms with Gasteiger partial charge in [0.25, 0.3) is 5.91 Å². The Bertz CT molecular complexity index is 1270. The van der Waals surface area contributed by atoms with Crippen molar-refractivity contribution in [1.29, 1.82) is 0 Å². The average molecular weight is 614 g/mol. The lowest BCUT2D eigenvalue weighted by Gasteiger charge is -2.26. The molecule has 2 aromatic carbocycles. The molecule has 1 amide bonds. The number of benzene rings is 2. The van der Waals surface area contributed by atoms with Gasteiger partial charge in [-0.2, -0.15) is 13.2 Å². The molecule has 3 rings (SSSR count). The molecule has 0 saturated heterocycles. The zero-order chi connectivity index (χ0) is 32.9. The topological polar surface area (TPSA) is 44.8 Å². The minimum atomic E-state index is -4.19. The predicted molar refractivity (Wildman–Crippen MR) is 175 cm³/mol. The number of carbonyl (C=O) groups excluding carboxylic acids is 1. The first-order valence-corrected chi connectivity index (χ1v) is 15.4. The molecule has 8 heteroatoms. The van der Waals surface area contributed by atoms with Crippen molar-refractivity contribution in [2.24, 2.45) is 5.92 Å². The number of allylic oxidation sites excluding steroid dienone is 3. The maximum Gasteiger partial charge on any atom is 0.411 e. The van der Waals surface area contributed by atoms with Gasteiger partial charge in [0.15, 0.2) is 0 Å². The van der Waals surface area contributed by atoms with Crippen molar-refractivity contribution in [2.75, 3.05) is 38.6 Å². The van der Waals surface area contributed by atoms with Crippen molar-refractivity contribution in [3.05, 3.63) is 101 Å². The van der Waals surface area contributed by atoms with Crippen molar-refractivity contribution < 1.29 is 22.7 Å². The highest BCUT2D eigenvalue weighted by molar-refractivity contribution is 6.08. The number of alkyl halides is 3. The Labute approximate surface area is 262 Å². The Kier molecular flexibility index (Phi) is 14.9. The Morgan fingerprint density at radius 3 is 2.32 bits per heavy atom. The fourth-order valence-corrected chi connectivity index (χ4v) is 4.80. The summed E-state index contributed by atoms with van der Waals surface area (Å²) in [4.78, 5) is 18.2. The Morgan fingerprint density at radius 2 is 1.75 bits per heavy atom. The quantitative estimate of drug-likeness (QED) is 0.244. The van der Waals surface area contributed by atoms with Crippen molar-refractivity contribution >= 4 is 11.6 Å². The summed E-state index contributed by atoms with van der Waals surface area (Å²) in [7, 11) is 4.08. The zero-order valence-electron chi connectivity index (χ0n) is 27.4. The maximum absolute atomic E-state index is 14.0. The highest BCUT2D eigenvalue weighted by Gasteiger charge is 2.30. The molecule has 2 unspecified atom stereocenters. The summed E-state index contributed by atoms with van der Waals surface area (Å²) in [5.74, 6) is 0.402. The van der Waals surface area contributed by atoms with E-state index in [1.165, 1.54) is 11.1 Å². The lowest BCUT2D eigenvalue weighted by atomic mass is 9.96. The number of likely N-dealkylation sites (N-methyl/N-ethyl adjacent to an activating group) is 1. The van der Waals surface area contributed by atoms with Crippen LogP contribution in [0, 0.1) is 5.92 Å². The second-order valence-corrected chi connectivity index (χ2v) is 11.4. The van der Waals surface area contributed by atoms with Crippen LogP contribution in [0.5, 0.6) is 0 Å². The molecule has 0 fully saturated rings. The van der Waals surface area contributed by atoms with E-state index in [0.29, 0.717) is 19.1 Å². The van der Waals surface area contributed by atoms with E-state index < -0.39 is 11.7 Å². The molecule has 1 aliphatic heterocycles. The van der Waals surface area contributed by atoms with Gasteiger partial charge in [0, 0.05) is 37.1 Å². The summed E-state index contributed by atoms with van der Waals surface area (Å²) in [6.07, 6.45) is 0.751. The summed E-state index contributed by atoms with van der Waals surface area (Å²) in [6, 6.07) is 18.7. The van der Waals surface area contributed by atoms with Crippen LogP contribution >= 0.6 is 0 Å². The van der Waals surface area contributed by atoms with Crippen LogP contribution in [-0.2, 0) is 16.1 Å². The molecule has 44 heavy (non-hydrogen) atoms. The number of hydrogen-bond donors (Lipinski definition) is 1. The molecular formula is C36H50F3N3O2. The smallest absolute Gasteiger partial charge is 0.375 e. The van der Waals surface area contributed by atoms with E-state index >= 15 is 0 Å². The Morgan fingerprint density at radius 1 is 1.09 bits per heavy atom. The van der Waals surface area contributed by atoms with Crippen LogP contribution in [0.2, 0.25) is 0 Å². The largest absolute Gasteiger partial charge is 0.411 e. The van der Waals surface area contributed by atoms with Gasteiger partial charge in [-0.15, -0.1) is 0 Å². The third-order valence-corrected chi connectivity index (χ3v) is 7.83. The maximum atomic E-state index is 14.0. The number of amides is 1. The molecule has 0 bridgehead atoms. The molecule has 1 heterocycles. The highest BCUT2D eigenvalue weighted by Crippen LogP contribution is 2.30. The van der Waals surface area contributed by atoms with Gasteiger partial charge in [-0.05, 0) is 82.0 Å². The standard InChI is InChI=1S/C32H45N3O2.C4H5F3/c1-7-24(3)21-29-31(25(4)8-2)34(6)19-20-35(32(29)36)28-16-12-13-26(22-28)23-37-30(17-18-33-5)27-14-10-9-11-15-27;1-3(2)4(5,6)7/h9-16,21-22,25,30,33H,7-8,17-20,23H2,1-6H3;1H2,2H3/b24-21-;. The summed E-state index contributed by atoms with van der Waals surface area (Å²) in [5, 5.41) is 3.23. The monoisotopic (exact) mass is 613 g/mol. The number of rotatable bonds is 12. The number of halogens is 3. The van der Waals surface area contributed by atoms with Crippen LogP contribution in [0.1, 0.15) is 71.1 Å². The summed E-state index contributed by atoms with van der Waals surface area (Å²) >= 11 is 0. The predicted octanol–water partition coefficient (Wildman–Crippen LogP) is 8.61. The SMILES string of the molecule is C=C(C)C(F)(F)F.CC/C(C)=C\C1=C(C(C)CC)N(C)CCN(c2cccc(COC(CCNC)c3ccccc3)c2)C1=O. The Balaban J connectivity index is 0.000000860. The van der Waals surface area contributed by atoms with Crippen molar-refractivity contribution in [3.63, 3.8) is 0 Å². The van der Waals surface area contributed by atoms with E-state index in [9.17, 15) is 18.0 Å². The van der Waals surface area contributed by atoms with Crippen LogP contribution in [0.15, 0.2) is 89.7 Å². The van der Waals surface area contributed by atoms with Gasteiger partial charge in [-0.25, -0.2) is 0 Å². The van der Waals surface area contributed by atoms with E-state index in [1.807, 2.05) is 30.1 Å². The molecule has 242 valence electrons. The van der Waals surface area contributed by atoms with Crippen molar-refractivity contribution in [3.8, 4) is 0 Å². The number of carbonyl (C=O) groups is 1. The van der Waals surface area contributed by atoms with Gasteiger partial charge >= 0.3 is 6.18 Å². The summed E-state index contributed by atoms with van der Waals surface area (Å²) in [6.45, 7) is 15.1. The number of ether oxygens (including phenoxy) is 1. The van der Waals surface area contributed by atoms with Gasteiger partial charge < -0.3 is 19.9 Å². The number of anilines is 1. The second kappa shape index (κ2) is 17.8. The zero-order valence-corrected chi connectivity index (χ0v) is 27.4. The van der Waals surface area contributed by atoms with Crippen molar-refractivity contribution in [2.45, 2.75) is 72.8 Å². The molecule has 2 aromatic rings. The molecule has 1 N–H and O–H groups in total. The van der Waals surface area contributed by atoms with Crippen LogP contribution < -0.4 is 10.2 Å². The molecule has 0 aromatic heterocycles. The molecule has 5 nitrogen and oxygen atoms in total. The first-order valence-electron chi connectivity index (χ1n) is 15.4. The third kappa shape index (κ3) is 11.0. The minimum Gasteiger partial charge on any atom is -0.375 e. The number of nitrogens with one attached hydrogen (secondary N) is 1. The van der Waals surface area contributed by atoms with Crippen LogP contribution in [0.4, 0.5) is 18.9 Å². The van der Waals surface area contributed by atoms with Crippen molar-refractivity contribution in [1.82, 2.24) is 10.2 Å². The first kappa shape index (κ1) is 36.8. The number of hydrogen-bond acceptors (Lipinski definition) is 4. The number of nitrogens with zero attached hydrogens (tertiary/aromatic N) is 2. The van der Waals surface area contributed by atoms with Crippen LogP contribution in [-0.4, -0.2) is 50.7 Å². The van der Waals surface area contributed by atoms with Gasteiger partial charge in [0.05, 0.1) is 18.3 Å². The summed E-state index contributed by atoms with van der Waals surface area (Å²) < 4.78 is 39.6. The Hall–Kier alpha value is -3.36. The molecule has 0 aliphatic carbocycles. The van der Waals surface area contributed by atoms with E-state index in [2.05, 4.69) is 94.0 Å². The van der Waals surface area contributed by atoms with Gasteiger partial charge in [0.2, 0.25) is 0 Å². The lowest BCUT2D eigenvalue weighted by Crippen LogP contribution is -2.34.